The summed E-state index contributed by atoms with van der Waals surface area (Å²) >= 11 is 0. The van der Waals surface area contributed by atoms with Crippen LogP contribution in [-0.4, -0.2) is 37.5 Å². The van der Waals surface area contributed by atoms with Crippen LogP contribution in [0.5, 0.6) is 0 Å². The first-order valence-corrected chi connectivity index (χ1v) is 12.4. The Balaban J connectivity index is 1.79. The number of amides is 1. The van der Waals surface area contributed by atoms with E-state index in [1.54, 1.807) is 24.3 Å². The number of hydrogen-bond acceptors (Lipinski definition) is 6. The van der Waals surface area contributed by atoms with Crippen molar-refractivity contribution in [1.82, 2.24) is 5.32 Å². The molecule has 0 saturated heterocycles. The molecule has 1 aliphatic carbocycles. The zero-order valence-corrected chi connectivity index (χ0v) is 19.6. The number of hydrogen-bond donors (Lipinski definition) is 2. The van der Waals surface area contributed by atoms with Gasteiger partial charge in [0.25, 0.3) is 11.5 Å². The topological polar surface area (TPSA) is 111 Å². The van der Waals surface area contributed by atoms with Gasteiger partial charge in [-0.1, -0.05) is 36.4 Å². The molecule has 1 saturated carbocycles. The Kier molecular flexibility index (Phi) is 6.33. The lowest BCUT2D eigenvalue weighted by Crippen LogP contribution is -2.53. The van der Waals surface area contributed by atoms with E-state index in [0.29, 0.717) is 27.6 Å². The molecule has 2 N–H and O–H groups in total. The van der Waals surface area contributed by atoms with Crippen LogP contribution in [-0.2, 0) is 27.0 Å². The van der Waals surface area contributed by atoms with Crippen LogP contribution in [0.25, 0.3) is 0 Å². The Labute approximate surface area is 207 Å². The highest BCUT2D eigenvalue weighted by molar-refractivity contribution is 7.93. The molecule has 14 heteroatoms. The third-order valence-electron chi connectivity index (χ3n) is 6.48. The summed E-state index contributed by atoms with van der Waals surface area (Å²) in [6.07, 6.45) is -11.8. The molecule has 1 unspecified atom stereocenters. The molecule has 1 aliphatic heterocycles. The summed E-state index contributed by atoms with van der Waals surface area (Å²) in [4.78, 5) is 13.5. The third kappa shape index (κ3) is 4.55. The number of carbonyl (C=O) groups excluding carboxylic acids is 1. The fourth-order valence-corrected chi connectivity index (χ4v) is 6.24. The number of nitrogens with zero attached hydrogens (tertiary/aromatic N) is 2. The Bertz CT molecular complexity index is 1350. The van der Waals surface area contributed by atoms with Crippen LogP contribution in [0.1, 0.15) is 35.6 Å². The summed E-state index contributed by atoms with van der Waals surface area (Å²) in [5.41, 5.74) is -7.47. The Morgan fingerprint density at radius 1 is 1.05 bits per heavy atom. The van der Waals surface area contributed by atoms with E-state index in [4.69, 9.17) is 0 Å². The largest absolute Gasteiger partial charge is 0.430 e. The molecule has 2 aromatic carbocycles. The summed E-state index contributed by atoms with van der Waals surface area (Å²) < 4.78 is 107. The first-order chi connectivity index (χ1) is 17.1. The summed E-state index contributed by atoms with van der Waals surface area (Å²) in [6, 6.07) is 9.00. The van der Waals surface area contributed by atoms with Crippen molar-refractivity contribution in [2.45, 2.75) is 43.4 Å². The summed E-state index contributed by atoms with van der Waals surface area (Å²) in [6.45, 7) is 0.214. The lowest BCUT2D eigenvalue weighted by atomic mass is 9.92. The maximum Gasteiger partial charge on any atom is 0.430 e. The van der Waals surface area contributed by atoms with Gasteiger partial charge in [-0.25, -0.2) is 12.7 Å². The molecule has 1 amide bonds. The lowest BCUT2D eigenvalue weighted by molar-refractivity contribution is -0.376. The molecule has 2 aliphatic rings. The van der Waals surface area contributed by atoms with E-state index in [1.807, 2.05) is 6.07 Å². The number of sulfonamides is 1. The second-order valence-electron chi connectivity index (χ2n) is 9.02. The Morgan fingerprint density at radius 2 is 1.62 bits per heavy atom. The fourth-order valence-electron chi connectivity index (χ4n) is 4.24. The highest BCUT2D eigenvalue weighted by Crippen LogP contribution is 2.50. The van der Waals surface area contributed by atoms with E-state index in [0.717, 1.165) is 0 Å². The quantitative estimate of drug-likeness (QED) is 0.533. The molecule has 2 aromatic rings. The predicted octanol–water partition coefficient (Wildman–Crippen LogP) is 3.81. The number of benzene rings is 2. The van der Waals surface area contributed by atoms with Gasteiger partial charge in [0.2, 0.25) is 10.0 Å². The Morgan fingerprint density at radius 3 is 2.14 bits per heavy atom. The fraction of sp³-hybridized carbons (Fsp3) is 0.391. The van der Waals surface area contributed by atoms with Crippen molar-refractivity contribution < 1.29 is 44.7 Å². The molecule has 7 nitrogen and oxygen atoms in total. The number of halogens is 6. The van der Waals surface area contributed by atoms with Gasteiger partial charge in [-0.2, -0.15) is 31.6 Å². The van der Waals surface area contributed by atoms with Gasteiger partial charge in [-0.15, -0.1) is 0 Å². The van der Waals surface area contributed by atoms with Gasteiger partial charge < -0.3 is 5.11 Å². The smallest absolute Gasteiger partial charge is 0.369 e. The SMILES string of the molecule is N#CC1(CS(=O)(=O)N(C(=O)C2NCc3ccccc32)c2ccc(C(O)(C(F)(F)F)C(F)(F)F)cc2)CC1. The van der Waals surface area contributed by atoms with Crippen LogP contribution >= 0.6 is 0 Å². The summed E-state index contributed by atoms with van der Waals surface area (Å²) in [5.74, 6) is -1.82. The van der Waals surface area contributed by atoms with E-state index in [9.17, 15) is 49.9 Å². The molecular weight excluding hydrogens is 528 g/mol. The van der Waals surface area contributed by atoms with E-state index >= 15 is 0 Å². The summed E-state index contributed by atoms with van der Waals surface area (Å²) in [7, 11) is -4.61. The molecule has 0 bridgehead atoms. The van der Waals surface area contributed by atoms with E-state index in [-0.39, 0.29) is 31.5 Å². The molecule has 1 atom stereocenters. The average Bonchev–Trinajstić information content (AvgIpc) is 3.43. The lowest BCUT2D eigenvalue weighted by Gasteiger charge is -2.33. The maximum absolute atomic E-state index is 13.5. The van der Waals surface area contributed by atoms with Crippen LogP contribution in [0.2, 0.25) is 0 Å². The van der Waals surface area contributed by atoms with Gasteiger partial charge in [0.05, 0.1) is 22.9 Å². The van der Waals surface area contributed by atoms with Crippen molar-refractivity contribution in [2.75, 3.05) is 10.1 Å². The number of nitrogens with one attached hydrogen (secondary N) is 1. The first-order valence-electron chi connectivity index (χ1n) is 10.8. The number of anilines is 1. The molecule has 0 spiro atoms. The monoisotopic (exact) mass is 547 g/mol. The number of aliphatic hydroxyl groups is 1. The van der Waals surface area contributed by atoms with Crippen LogP contribution in [0.15, 0.2) is 48.5 Å². The van der Waals surface area contributed by atoms with E-state index in [2.05, 4.69) is 5.32 Å². The minimum Gasteiger partial charge on any atom is -0.369 e. The zero-order chi connectivity index (χ0) is 27.4. The average molecular weight is 547 g/mol. The standard InChI is InChI=1S/C23H19F6N3O4S/c24-22(25,26)21(34,23(27,28)29)15-5-7-16(8-6-15)32(37(35,36)13-20(12-30)9-10-20)19(33)18-17-4-2-1-3-14(17)11-31-18/h1-8,18,31,34H,9-11,13H2. The van der Waals surface area contributed by atoms with E-state index < -0.39 is 62.3 Å². The van der Waals surface area contributed by atoms with Crippen LogP contribution in [0.3, 0.4) is 0 Å². The number of carbonyl (C=O) groups is 1. The predicted molar refractivity (Wildman–Crippen MR) is 117 cm³/mol. The second kappa shape index (κ2) is 8.71. The van der Waals surface area contributed by atoms with Crippen molar-refractivity contribution in [3.8, 4) is 6.07 Å². The molecule has 37 heavy (non-hydrogen) atoms. The second-order valence-corrected chi connectivity index (χ2v) is 10.8. The zero-order valence-electron chi connectivity index (χ0n) is 18.8. The molecule has 0 aromatic heterocycles. The van der Waals surface area contributed by atoms with Crippen molar-refractivity contribution in [1.29, 1.82) is 5.26 Å². The van der Waals surface area contributed by atoms with Gasteiger partial charge >= 0.3 is 12.4 Å². The molecule has 4 rings (SSSR count). The van der Waals surface area contributed by atoms with Gasteiger partial charge in [-0.3, -0.25) is 10.1 Å². The summed E-state index contributed by atoms with van der Waals surface area (Å²) in [5, 5.41) is 21.8. The maximum atomic E-state index is 13.5. The number of rotatable bonds is 6. The minimum atomic E-state index is -6.14. The van der Waals surface area contributed by atoms with Crippen molar-refractivity contribution in [3.63, 3.8) is 0 Å². The number of nitriles is 1. The third-order valence-corrected chi connectivity index (χ3v) is 8.34. The molecule has 1 fully saturated rings. The minimum absolute atomic E-state index is 0.214. The normalized spacial score (nSPS) is 19.1. The van der Waals surface area contributed by atoms with Gasteiger partial charge in [-0.05, 0) is 36.1 Å². The molecular formula is C23H19F6N3O4S. The highest BCUT2D eigenvalue weighted by Gasteiger charge is 2.71. The molecule has 1 heterocycles. The van der Waals surface area contributed by atoms with Gasteiger partial charge in [0.1, 0.15) is 6.04 Å². The molecule has 198 valence electrons. The van der Waals surface area contributed by atoms with Gasteiger partial charge in [0, 0.05) is 12.1 Å². The van der Waals surface area contributed by atoms with Crippen LogP contribution < -0.4 is 9.62 Å². The van der Waals surface area contributed by atoms with Crippen molar-refractivity contribution in [3.05, 3.63) is 65.2 Å². The number of alkyl halides is 6. The van der Waals surface area contributed by atoms with Gasteiger partial charge in [0.15, 0.2) is 0 Å². The highest BCUT2D eigenvalue weighted by atomic mass is 32.2. The first kappa shape index (κ1) is 26.9. The number of fused-ring (bicyclic) bond motifs is 1. The van der Waals surface area contributed by atoms with E-state index in [1.165, 1.54) is 0 Å². The Hall–Kier alpha value is -3.15. The van der Waals surface area contributed by atoms with Crippen LogP contribution in [0.4, 0.5) is 32.0 Å². The van der Waals surface area contributed by atoms with Crippen LogP contribution in [0, 0.1) is 16.7 Å². The molecule has 0 radical (unpaired) electrons. The van der Waals surface area contributed by atoms with Crippen molar-refractivity contribution in [2.24, 2.45) is 5.41 Å². The van der Waals surface area contributed by atoms with Crippen molar-refractivity contribution >= 4 is 21.6 Å².